The second-order valence-electron chi connectivity index (χ2n) is 6.16. The maximum Gasteiger partial charge on any atom is 0.337 e. The van der Waals surface area contributed by atoms with Gasteiger partial charge in [-0.15, -0.1) is 5.10 Å². The average Bonchev–Trinajstić information content (AvgIpc) is 3.05. The molecule has 0 saturated heterocycles. The van der Waals surface area contributed by atoms with E-state index in [9.17, 15) is 14.7 Å². The van der Waals surface area contributed by atoms with Gasteiger partial charge in [0, 0.05) is 17.3 Å². The zero-order chi connectivity index (χ0) is 18.3. The first kappa shape index (κ1) is 16.8. The van der Waals surface area contributed by atoms with Gasteiger partial charge in [0.2, 0.25) is 5.71 Å². The highest BCUT2D eigenvalue weighted by Crippen LogP contribution is 2.30. The molecule has 0 atom stereocenters. The summed E-state index contributed by atoms with van der Waals surface area (Å²) in [5, 5.41) is 17.0. The predicted molar refractivity (Wildman–Crippen MR) is 93.2 cm³/mol. The van der Waals surface area contributed by atoms with Crippen LogP contribution in [0.15, 0.2) is 28.7 Å². The lowest BCUT2D eigenvalue weighted by Gasteiger charge is -2.09. The fraction of sp³-hybridized carbons (Fsp3) is 0.278. The summed E-state index contributed by atoms with van der Waals surface area (Å²) in [5.41, 5.74) is 2.25. The first-order valence-electron chi connectivity index (χ1n) is 7.93. The molecule has 0 saturated carbocycles. The molecule has 0 fully saturated rings. The van der Waals surface area contributed by atoms with Crippen molar-refractivity contribution in [3.8, 4) is 0 Å². The van der Waals surface area contributed by atoms with E-state index in [0.29, 0.717) is 11.3 Å². The fourth-order valence-corrected chi connectivity index (χ4v) is 2.96. The van der Waals surface area contributed by atoms with Crippen molar-refractivity contribution in [3.05, 3.63) is 46.8 Å². The number of aromatic carboxylic acids is 1. The molecular formula is C18H19N3O4. The van der Waals surface area contributed by atoms with Gasteiger partial charge in [-0.2, -0.15) is 0 Å². The highest BCUT2D eigenvalue weighted by Gasteiger charge is 2.24. The largest absolute Gasteiger partial charge is 0.478 e. The molecule has 2 aromatic heterocycles. The normalized spacial score (nSPS) is 11.2. The number of hydrogen-bond donors (Lipinski definition) is 2. The van der Waals surface area contributed by atoms with E-state index in [1.54, 1.807) is 19.1 Å². The third-order valence-corrected chi connectivity index (χ3v) is 4.13. The Morgan fingerprint density at radius 3 is 2.52 bits per heavy atom. The van der Waals surface area contributed by atoms with E-state index >= 15 is 0 Å². The summed E-state index contributed by atoms with van der Waals surface area (Å²) in [6.07, 6.45) is 0. The third-order valence-electron chi connectivity index (χ3n) is 4.13. The quantitative estimate of drug-likeness (QED) is 0.752. The number of amides is 1. The molecule has 1 amide bonds. The van der Waals surface area contributed by atoms with E-state index in [-0.39, 0.29) is 23.1 Å². The number of para-hydroxylation sites is 1. The summed E-state index contributed by atoms with van der Waals surface area (Å²) >= 11 is 0. The van der Waals surface area contributed by atoms with Crippen molar-refractivity contribution >= 4 is 28.7 Å². The topological polar surface area (TPSA) is 97.4 Å². The molecule has 0 aliphatic rings. The minimum atomic E-state index is -1.11. The highest BCUT2D eigenvalue weighted by atomic mass is 16.4. The van der Waals surface area contributed by atoms with Gasteiger partial charge in [0.15, 0.2) is 5.76 Å². The molecular weight excluding hydrogens is 322 g/mol. The summed E-state index contributed by atoms with van der Waals surface area (Å²) in [4.78, 5) is 23.8. The van der Waals surface area contributed by atoms with Crippen LogP contribution in [-0.4, -0.2) is 26.8 Å². The molecule has 0 spiro atoms. The number of carboxylic acid groups (broad SMARTS) is 1. The lowest BCUT2D eigenvalue weighted by molar-refractivity contribution is 0.0698. The van der Waals surface area contributed by atoms with Gasteiger partial charge in [0.05, 0.1) is 16.6 Å². The zero-order valence-electron chi connectivity index (χ0n) is 14.5. The monoisotopic (exact) mass is 341 g/mol. The summed E-state index contributed by atoms with van der Waals surface area (Å²) in [5.74, 6) is -1.47. The maximum absolute atomic E-state index is 12.6. The van der Waals surface area contributed by atoms with Gasteiger partial charge < -0.3 is 14.8 Å². The van der Waals surface area contributed by atoms with Crippen molar-refractivity contribution in [2.75, 3.05) is 5.32 Å². The van der Waals surface area contributed by atoms with Gasteiger partial charge in [0.25, 0.3) is 5.91 Å². The number of aromatic nitrogens is 2. The first-order chi connectivity index (χ1) is 11.8. The summed E-state index contributed by atoms with van der Waals surface area (Å²) in [6.45, 7) is 7.76. The number of rotatable bonds is 4. The number of anilines is 1. The number of carboxylic acids is 1. The van der Waals surface area contributed by atoms with Crippen LogP contribution in [0, 0.1) is 13.8 Å². The lowest BCUT2D eigenvalue weighted by Crippen LogP contribution is -2.15. The summed E-state index contributed by atoms with van der Waals surface area (Å²) in [7, 11) is 0. The number of aryl methyl sites for hydroxylation is 2. The lowest BCUT2D eigenvalue weighted by atomic mass is 10.1. The maximum atomic E-state index is 12.6. The molecule has 3 rings (SSSR count). The van der Waals surface area contributed by atoms with Crippen molar-refractivity contribution in [2.24, 2.45) is 0 Å². The third kappa shape index (κ3) is 2.77. The van der Waals surface area contributed by atoms with E-state index in [1.165, 1.54) is 12.1 Å². The van der Waals surface area contributed by atoms with Crippen molar-refractivity contribution in [1.29, 1.82) is 0 Å². The molecule has 0 unspecified atom stereocenters. The van der Waals surface area contributed by atoms with E-state index in [2.05, 4.69) is 10.4 Å². The van der Waals surface area contributed by atoms with Crippen LogP contribution in [-0.2, 0) is 0 Å². The SMILES string of the molecule is Cc1c(C(=O)Nc2ccccc2C(=O)O)oc2nn(C(C)C)c(C)c12. The Balaban J connectivity index is 1.99. The summed E-state index contributed by atoms with van der Waals surface area (Å²) in [6, 6.07) is 6.41. The molecule has 0 aliphatic carbocycles. The number of carbonyl (C=O) groups excluding carboxylic acids is 1. The van der Waals surface area contributed by atoms with Crippen molar-refractivity contribution in [2.45, 2.75) is 33.7 Å². The van der Waals surface area contributed by atoms with Gasteiger partial charge in [-0.1, -0.05) is 12.1 Å². The molecule has 2 heterocycles. The molecule has 0 bridgehead atoms. The average molecular weight is 341 g/mol. The zero-order valence-corrected chi connectivity index (χ0v) is 14.5. The molecule has 7 heteroatoms. The molecule has 0 radical (unpaired) electrons. The minimum Gasteiger partial charge on any atom is -0.478 e. The molecule has 130 valence electrons. The Morgan fingerprint density at radius 1 is 1.24 bits per heavy atom. The van der Waals surface area contributed by atoms with Gasteiger partial charge in [-0.3, -0.25) is 9.48 Å². The van der Waals surface area contributed by atoms with Crippen LogP contribution >= 0.6 is 0 Å². The van der Waals surface area contributed by atoms with Crippen LogP contribution in [0.1, 0.15) is 52.1 Å². The van der Waals surface area contributed by atoms with Gasteiger partial charge in [0.1, 0.15) is 0 Å². The molecule has 2 N–H and O–H groups in total. The minimum absolute atomic E-state index is 0.0195. The van der Waals surface area contributed by atoms with E-state index < -0.39 is 11.9 Å². The Kier molecular flexibility index (Phi) is 4.08. The molecule has 1 aromatic carbocycles. The predicted octanol–water partition coefficient (Wildman–Crippen LogP) is 3.78. The Bertz CT molecular complexity index is 982. The Hall–Kier alpha value is -3.09. The van der Waals surface area contributed by atoms with E-state index in [1.807, 2.05) is 25.5 Å². The van der Waals surface area contributed by atoms with Crippen molar-refractivity contribution in [1.82, 2.24) is 9.78 Å². The second kappa shape index (κ2) is 6.08. The highest BCUT2D eigenvalue weighted by molar-refractivity contribution is 6.09. The number of benzene rings is 1. The number of fused-ring (bicyclic) bond motifs is 1. The van der Waals surface area contributed by atoms with Crippen LogP contribution < -0.4 is 5.32 Å². The smallest absolute Gasteiger partial charge is 0.337 e. The fourth-order valence-electron chi connectivity index (χ4n) is 2.96. The molecule has 3 aromatic rings. The number of furan rings is 1. The van der Waals surface area contributed by atoms with Crippen LogP contribution in [0.4, 0.5) is 5.69 Å². The first-order valence-corrected chi connectivity index (χ1v) is 7.93. The van der Waals surface area contributed by atoms with E-state index in [0.717, 1.165) is 11.1 Å². The van der Waals surface area contributed by atoms with Gasteiger partial charge in [-0.25, -0.2) is 4.79 Å². The van der Waals surface area contributed by atoms with Crippen LogP contribution in [0.3, 0.4) is 0 Å². The molecule has 7 nitrogen and oxygen atoms in total. The number of carbonyl (C=O) groups is 2. The standard InChI is InChI=1S/C18H19N3O4/c1-9(2)21-11(4)14-10(3)15(25-17(14)20-21)16(22)19-13-8-6-5-7-12(13)18(23)24/h5-9H,1-4H3,(H,19,22)(H,23,24). The molecule has 0 aliphatic heterocycles. The van der Waals surface area contributed by atoms with Crippen molar-refractivity contribution < 1.29 is 19.1 Å². The molecule has 25 heavy (non-hydrogen) atoms. The number of nitrogens with one attached hydrogen (secondary N) is 1. The van der Waals surface area contributed by atoms with Gasteiger partial charge in [-0.05, 0) is 39.8 Å². The van der Waals surface area contributed by atoms with Crippen LogP contribution in [0.5, 0.6) is 0 Å². The second-order valence-corrected chi connectivity index (χ2v) is 6.16. The Labute approximate surface area is 144 Å². The Morgan fingerprint density at radius 2 is 1.92 bits per heavy atom. The van der Waals surface area contributed by atoms with Crippen LogP contribution in [0.2, 0.25) is 0 Å². The number of hydrogen-bond acceptors (Lipinski definition) is 4. The van der Waals surface area contributed by atoms with Crippen molar-refractivity contribution in [3.63, 3.8) is 0 Å². The van der Waals surface area contributed by atoms with E-state index in [4.69, 9.17) is 4.42 Å². The summed E-state index contributed by atoms with van der Waals surface area (Å²) < 4.78 is 7.50. The van der Waals surface area contributed by atoms with Crippen LogP contribution in [0.25, 0.3) is 11.1 Å². The van der Waals surface area contributed by atoms with Gasteiger partial charge >= 0.3 is 5.97 Å². The number of nitrogens with zero attached hydrogens (tertiary/aromatic N) is 2.